The molecule has 1 atom stereocenters. The van der Waals surface area contributed by atoms with Crippen molar-refractivity contribution in [2.24, 2.45) is 0 Å². The molecular weight excluding hydrogens is 346 g/mol. The van der Waals surface area contributed by atoms with Crippen molar-refractivity contribution in [2.75, 3.05) is 21.3 Å². The third-order valence-electron chi connectivity index (χ3n) is 4.22. The summed E-state index contributed by atoms with van der Waals surface area (Å²) in [5.41, 5.74) is 1.83. The Hall–Kier alpha value is -2.89. The molecule has 0 saturated heterocycles. The molecule has 27 heavy (non-hydrogen) atoms. The van der Waals surface area contributed by atoms with Crippen molar-refractivity contribution >= 4 is 5.91 Å². The summed E-state index contributed by atoms with van der Waals surface area (Å²) >= 11 is 0. The van der Waals surface area contributed by atoms with E-state index in [1.165, 1.54) is 0 Å². The largest absolute Gasteiger partial charge is 0.493 e. The number of rotatable bonds is 9. The predicted octanol–water partition coefficient (Wildman–Crippen LogP) is 3.49. The maximum absolute atomic E-state index is 12.6. The summed E-state index contributed by atoms with van der Waals surface area (Å²) in [4.78, 5) is 12.6. The summed E-state index contributed by atoms with van der Waals surface area (Å²) in [5.74, 6) is 2.15. The van der Waals surface area contributed by atoms with Gasteiger partial charge in [-0.15, -0.1) is 0 Å². The second-order valence-corrected chi connectivity index (χ2v) is 6.03. The van der Waals surface area contributed by atoms with Crippen LogP contribution in [-0.4, -0.2) is 33.3 Å². The van der Waals surface area contributed by atoms with Gasteiger partial charge in [0.15, 0.2) is 17.6 Å². The van der Waals surface area contributed by atoms with E-state index in [-0.39, 0.29) is 5.91 Å². The van der Waals surface area contributed by atoms with Crippen LogP contribution in [0.1, 0.15) is 24.5 Å². The summed E-state index contributed by atoms with van der Waals surface area (Å²) in [6, 6.07) is 11.3. The highest BCUT2D eigenvalue weighted by Crippen LogP contribution is 2.38. The fourth-order valence-corrected chi connectivity index (χ4v) is 2.70. The molecule has 0 radical (unpaired) electrons. The Kier molecular flexibility index (Phi) is 7.34. The average molecular weight is 373 g/mol. The average Bonchev–Trinajstić information content (AvgIpc) is 2.70. The van der Waals surface area contributed by atoms with Crippen molar-refractivity contribution in [1.82, 2.24) is 5.32 Å². The lowest BCUT2D eigenvalue weighted by molar-refractivity contribution is -0.128. The number of ether oxygens (including phenoxy) is 4. The van der Waals surface area contributed by atoms with Gasteiger partial charge in [0.1, 0.15) is 5.75 Å². The van der Waals surface area contributed by atoms with Crippen LogP contribution in [0.3, 0.4) is 0 Å². The number of para-hydroxylation sites is 1. The first-order valence-electron chi connectivity index (χ1n) is 8.82. The van der Waals surface area contributed by atoms with E-state index in [0.29, 0.717) is 36.0 Å². The highest BCUT2D eigenvalue weighted by molar-refractivity contribution is 5.81. The van der Waals surface area contributed by atoms with E-state index < -0.39 is 6.10 Å². The fraction of sp³-hybridized carbons (Fsp3) is 0.381. The smallest absolute Gasteiger partial charge is 0.261 e. The molecule has 0 aliphatic rings. The van der Waals surface area contributed by atoms with Crippen LogP contribution in [0.15, 0.2) is 36.4 Å². The second kappa shape index (κ2) is 9.71. The first kappa shape index (κ1) is 20.4. The van der Waals surface area contributed by atoms with Crippen LogP contribution in [0.25, 0.3) is 0 Å². The molecule has 1 amide bonds. The zero-order chi connectivity index (χ0) is 19.8. The van der Waals surface area contributed by atoms with Gasteiger partial charge in [-0.25, -0.2) is 0 Å². The molecule has 1 N–H and O–H groups in total. The van der Waals surface area contributed by atoms with E-state index in [1.807, 2.05) is 50.2 Å². The molecule has 146 valence electrons. The Labute approximate surface area is 160 Å². The molecule has 0 fully saturated rings. The maximum atomic E-state index is 12.6. The molecule has 0 heterocycles. The van der Waals surface area contributed by atoms with Crippen molar-refractivity contribution in [3.8, 4) is 23.0 Å². The molecule has 2 aromatic rings. The topological polar surface area (TPSA) is 66.0 Å². The quantitative estimate of drug-likeness (QED) is 0.729. The van der Waals surface area contributed by atoms with E-state index >= 15 is 0 Å². The monoisotopic (exact) mass is 373 g/mol. The van der Waals surface area contributed by atoms with E-state index in [0.717, 1.165) is 11.1 Å². The Balaban J connectivity index is 2.08. The van der Waals surface area contributed by atoms with Gasteiger partial charge in [-0.2, -0.15) is 0 Å². The van der Waals surface area contributed by atoms with Gasteiger partial charge in [-0.05, 0) is 42.7 Å². The van der Waals surface area contributed by atoms with E-state index in [4.69, 9.17) is 18.9 Å². The number of carbonyl (C=O) groups is 1. The third-order valence-corrected chi connectivity index (χ3v) is 4.22. The normalized spacial score (nSPS) is 11.4. The van der Waals surface area contributed by atoms with Gasteiger partial charge in [-0.1, -0.05) is 25.1 Å². The van der Waals surface area contributed by atoms with Crippen molar-refractivity contribution in [3.05, 3.63) is 47.5 Å². The summed E-state index contributed by atoms with van der Waals surface area (Å²) in [5, 5.41) is 2.91. The molecule has 2 aromatic carbocycles. The molecule has 0 saturated carbocycles. The minimum absolute atomic E-state index is 0.172. The number of carbonyl (C=O) groups excluding carboxylic acids is 1. The molecule has 6 nitrogen and oxygen atoms in total. The summed E-state index contributed by atoms with van der Waals surface area (Å²) in [6.45, 7) is 4.20. The molecule has 1 unspecified atom stereocenters. The Bertz CT molecular complexity index is 750. The lowest BCUT2D eigenvalue weighted by Gasteiger charge is -2.19. The molecule has 2 rings (SSSR count). The second-order valence-electron chi connectivity index (χ2n) is 6.03. The number of nitrogens with one attached hydrogen (secondary N) is 1. The van der Waals surface area contributed by atoms with Gasteiger partial charge in [0, 0.05) is 6.54 Å². The molecule has 0 spiro atoms. The van der Waals surface area contributed by atoms with Crippen LogP contribution in [0.5, 0.6) is 23.0 Å². The summed E-state index contributed by atoms with van der Waals surface area (Å²) < 4.78 is 21.9. The van der Waals surface area contributed by atoms with Crippen molar-refractivity contribution in [3.63, 3.8) is 0 Å². The Morgan fingerprint density at radius 2 is 1.63 bits per heavy atom. The van der Waals surface area contributed by atoms with Gasteiger partial charge in [0.25, 0.3) is 5.91 Å². The molecular formula is C21H27NO5. The van der Waals surface area contributed by atoms with Gasteiger partial charge >= 0.3 is 0 Å². The summed E-state index contributed by atoms with van der Waals surface area (Å²) in [7, 11) is 4.67. The highest BCUT2D eigenvalue weighted by atomic mass is 16.5. The number of aryl methyl sites for hydroxylation is 1. The number of methoxy groups -OCH3 is 3. The molecule has 0 aliphatic heterocycles. The van der Waals surface area contributed by atoms with E-state index in [9.17, 15) is 4.79 Å². The van der Waals surface area contributed by atoms with Crippen molar-refractivity contribution in [1.29, 1.82) is 0 Å². The van der Waals surface area contributed by atoms with E-state index in [1.54, 1.807) is 21.3 Å². The van der Waals surface area contributed by atoms with Gasteiger partial charge in [0.05, 0.1) is 21.3 Å². The fourth-order valence-electron chi connectivity index (χ4n) is 2.70. The predicted molar refractivity (Wildman–Crippen MR) is 104 cm³/mol. The minimum Gasteiger partial charge on any atom is -0.493 e. The number of hydrogen-bond donors (Lipinski definition) is 1. The molecule has 0 bridgehead atoms. The molecule has 0 aromatic heterocycles. The number of amides is 1. The third kappa shape index (κ3) is 5.06. The number of benzene rings is 2. The van der Waals surface area contributed by atoms with Crippen LogP contribution in [0, 0.1) is 6.92 Å². The van der Waals surface area contributed by atoms with Crippen LogP contribution in [0.2, 0.25) is 0 Å². The Morgan fingerprint density at radius 1 is 1.00 bits per heavy atom. The zero-order valence-electron chi connectivity index (χ0n) is 16.5. The van der Waals surface area contributed by atoms with Crippen LogP contribution >= 0.6 is 0 Å². The van der Waals surface area contributed by atoms with Gasteiger partial charge < -0.3 is 24.3 Å². The first-order valence-corrected chi connectivity index (χ1v) is 8.82. The van der Waals surface area contributed by atoms with E-state index in [2.05, 4.69) is 5.32 Å². The highest BCUT2D eigenvalue weighted by Gasteiger charge is 2.20. The molecule has 6 heteroatoms. The SMILES string of the molecule is CCC(Oc1ccccc1C)C(=O)NCc1cc(OC)c(OC)c(OC)c1. The van der Waals surface area contributed by atoms with Crippen molar-refractivity contribution < 1.29 is 23.7 Å². The lowest BCUT2D eigenvalue weighted by atomic mass is 10.1. The van der Waals surface area contributed by atoms with Crippen LogP contribution in [-0.2, 0) is 11.3 Å². The van der Waals surface area contributed by atoms with Crippen LogP contribution in [0.4, 0.5) is 0 Å². The Morgan fingerprint density at radius 3 is 2.15 bits per heavy atom. The maximum Gasteiger partial charge on any atom is 0.261 e. The lowest BCUT2D eigenvalue weighted by Crippen LogP contribution is -2.37. The standard InChI is InChI=1S/C21H27NO5/c1-6-16(27-17-10-8-7-9-14(17)2)21(23)22-13-15-11-18(24-3)20(26-5)19(12-15)25-4/h7-12,16H,6,13H2,1-5H3,(H,22,23). The van der Waals surface area contributed by atoms with Gasteiger partial charge in [-0.3, -0.25) is 4.79 Å². The number of hydrogen-bond acceptors (Lipinski definition) is 5. The minimum atomic E-state index is -0.562. The van der Waals surface area contributed by atoms with Gasteiger partial charge in [0.2, 0.25) is 5.75 Å². The summed E-state index contributed by atoms with van der Waals surface area (Å²) in [6.07, 6.45) is 0.00300. The first-order chi connectivity index (χ1) is 13.0. The zero-order valence-corrected chi connectivity index (χ0v) is 16.5. The van der Waals surface area contributed by atoms with Crippen molar-refractivity contribution in [2.45, 2.75) is 32.9 Å². The molecule has 0 aliphatic carbocycles. The van der Waals surface area contributed by atoms with Crippen LogP contribution < -0.4 is 24.3 Å².